The molecule has 0 aromatic heterocycles. The van der Waals surface area contributed by atoms with Crippen molar-refractivity contribution in [2.24, 2.45) is 5.73 Å². The van der Waals surface area contributed by atoms with Gasteiger partial charge in [0, 0.05) is 12.1 Å². The van der Waals surface area contributed by atoms with E-state index in [1.54, 1.807) is 0 Å². The Morgan fingerprint density at radius 2 is 2.12 bits per heavy atom. The highest BCUT2D eigenvalue weighted by atomic mass is 16.4. The maximum absolute atomic E-state index is 11.2. The van der Waals surface area contributed by atoms with Crippen LogP contribution in [0.15, 0.2) is 0 Å². The van der Waals surface area contributed by atoms with Crippen LogP contribution >= 0.6 is 0 Å². The summed E-state index contributed by atoms with van der Waals surface area (Å²) in [5.41, 5.74) is 5.04. The van der Waals surface area contributed by atoms with Gasteiger partial charge in [-0.25, -0.2) is 0 Å². The summed E-state index contributed by atoms with van der Waals surface area (Å²) < 4.78 is 0. The van der Waals surface area contributed by atoms with Crippen molar-refractivity contribution in [3.8, 4) is 0 Å². The summed E-state index contributed by atoms with van der Waals surface area (Å²) in [6.45, 7) is 3.27. The number of nitrogens with zero attached hydrogens (tertiary/aromatic N) is 1. The number of hydrogen-bond acceptors (Lipinski definition) is 3. The molecular weight excluding hydrogens is 216 g/mol. The van der Waals surface area contributed by atoms with E-state index in [2.05, 4.69) is 11.8 Å². The molecule has 0 radical (unpaired) electrons. The molecule has 0 aromatic rings. The van der Waals surface area contributed by atoms with Crippen LogP contribution in [-0.4, -0.2) is 40.1 Å². The average Bonchev–Trinajstić information content (AvgIpc) is 3.09. The third-order valence-electron chi connectivity index (χ3n) is 4.15. The molecule has 0 aromatic carbocycles. The van der Waals surface area contributed by atoms with Crippen LogP contribution in [0.3, 0.4) is 0 Å². The molecule has 2 saturated carbocycles. The lowest BCUT2D eigenvalue weighted by Gasteiger charge is -2.40. The van der Waals surface area contributed by atoms with E-state index in [4.69, 9.17) is 5.73 Å². The van der Waals surface area contributed by atoms with Crippen LogP contribution in [0.25, 0.3) is 0 Å². The highest BCUT2D eigenvalue weighted by molar-refractivity contribution is 5.78. The summed E-state index contributed by atoms with van der Waals surface area (Å²) in [5.74, 6) is -0.825. The van der Waals surface area contributed by atoms with Crippen molar-refractivity contribution < 1.29 is 9.90 Å². The quantitative estimate of drug-likeness (QED) is 0.765. The summed E-state index contributed by atoms with van der Waals surface area (Å²) >= 11 is 0. The van der Waals surface area contributed by atoms with E-state index in [9.17, 15) is 9.90 Å². The van der Waals surface area contributed by atoms with Crippen LogP contribution in [0, 0.1) is 0 Å². The summed E-state index contributed by atoms with van der Waals surface area (Å²) in [4.78, 5) is 13.8. The normalized spacial score (nSPS) is 33.9. The maximum Gasteiger partial charge on any atom is 0.323 e. The molecule has 2 unspecified atom stereocenters. The topological polar surface area (TPSA) is 66.6 Å². The molecule has 2 aliphatic carbocycles. The summed E-state index contributed by atoms with van der Waals surface area (Å²) in [5, 5.41) is 9.24. The Kier molecular flexibility index (Phi) is 3.73. The lowest BCUT2D eigenvalue weighted by atomic mass is 9.79. The molecule has 0 aliphatic heterocycles. The van der Waals surface area contributed by atoms with Gasteiger partial charge in [0.15, 0.2) is 0 Å². The van der Waals surface area contributed by atoms with E-state index in [0.29, 0.717) is 24.9 Å². The van der Waals surface area contributed by atoms with E-state index < -0.39 is 11.5 Å². The van der Waals surface area contributed by atoms with E-state index in [-0.39, 0.29) is 0 Å². The molecule has 17 heavy (non-hydrogen) atoms. The SMILES string of the molecule is CCCN(C1CC1)C1CCCC(N)(C(=O)O)C1. The van der Waals surface area contributed by atoms with Crippen molar-refractivity contribution in [2.45, 2.75) is 69.5 Å². The molecule has 0 amide bonds. The molecule has 0 spiro atoms. The first kappa shape index (κ1) is 12.8. The second-order valence-corrected chi connectivity index (χ2v) is 5.68. The predicted molar refractivity (Wildman–Crippen MR) is 66.8 cm³/mol. The van der Waals surface area contributed by atoms with Gasteiger partial charge >= 0.3 is 5.97 Å². The van der Waals surface area contributed by atoms with Gasteiger partial charge in [-0.15, -0.1) is 0 Å². The van der Waals surface area contributed by atoms with Crippen molar-refractivity contribution in [3.63, 3.8) is 0 Å². The van der Waals surface area contributed by atoms with Crippen molar-refractivity contribution in [1.29, 1.82) is 0 Å². The van der Waals surface area contributed by atoms with Crippen LogP contribution in [0.4, 0.5) is 0 Å². The molecule has 4 heteroatoms. The summed E-state index contributed by atoms with van der Waals surface area (Å²) in [6.07, 6.45) is 7.01. The molecule has 2 atom stereocenters. The number of nitrogens with two attached hydrogens (primary N) is 1. The third-order valence-corrected chi connectivity index (χ3v) is 4.15. The fourth-order valence-electron chi connectivity index (χ4n) is 3.08. The van der Waals surface area contributed by atoms with E-state index >= 15 is 0 Å². The van der Waals surface area contributed by atoms with Crippen LogP contribution < -0.4 is 5.73 Å². The Balaban J connectivity index is 2.02. The standard InChI is InChI=1S/C13H24N2O2/c1-2-8-15(10-5-6-10)11-4-3-7-13(14,9-11)12(16)17/h10-11H,2-9,14H2,1H3,(H,16,17). The molecular formula is C13H24N2O2. The zero-order valence-electron chi connectivity index (χ0n) is 10.7. The Morgan fingerprint density at radius 1 is 1.41 bits per heavy atom. The largest absolute Gasteiger partial charge is 0.480 e. The van der Waals surface area contributed by atoms with Gasteiger partial charge in [0.25, 0.3) is 0 Å². The number of hydrogen-bond donors (Lipinski definition) is 2. The number of carbonyl (C=O) groups is 1. The van der Waals surface area contributed by atoms with E-state index in [1.807, 2.05) is 0 Å². The lowest BCUT2D eigenvalue weighted by molar-refractivity contribution is -0.145. The molecule has 4 nitrogen and oxygen atoms in total. The molecule has 0 saturated heterocycles. The fraction of sp³-hybridized carbons (Fsp3) is 0.923. The summed E-state index contributed by atoms with van der Waals surface area (Å²) in [7, 11) is 0. The number of rotatable bonds is 5. The van der Waals surface area contributed by atoms with Gasteiger partial charge in [-0.05, 0) is 51.5 Å². The van der Waals surface area contributed by atoms with Gasteiger partial charge in [0.05, 0.1) is 0 Å². The van der Waals surface area contributed by atoms with Gasteiger partial charge in [0.1, 0.15) is 5.54 Å². The smallest absolute Gasteiger partial charge is 0.323 e. The van der Waals surface area contributed by atoms with Gasteiger partial charge < -0.3 is 10.8 Å². The average molecular weight is 240 g/mol. The fourth-order valence-corrected chi connectivity index (χ4v) is 3.08. The third kappa shape index (κ3) is 2.80. The highest BCUT2D eigenvalue weighted by Crippen LogP contribution is 2.36. The van der Waals surface area contributed by atoms with Crippen LogP contribution in [0.2, 0.25) is 0 Å². The predicted octanol–water partition coefficient (Wildman–Crippen LogP) is 1.59. The molecule has 0 bridgehead atoms. The molecule has 98 valence electrons. The minimum absolute atomic E-state index is 0.386. The van der Waals surface area contributed by atoms with Crippen LogP contribution in [0.1, 0.15) is 51.9 Å². The lowest BCUT2D eigenvalue weighted by Crippen LogP contribution is -2.56. The Bertz CT molecular complexity index is 291. The van der Waals surface area contributed by atoms with E-state index in [1.165, 1.54) is 12.8 Å². The minimum atomic E-state index is -0.982. The first-order valence-corrected chi connectivity index (χ1v) is 6.85. The number of aliphatic carboxylic acids is 1. The molecule has 2 rings (SSSR count). The Labute approximate surface area is 103 Å². The van der Waals surface area contributed by atoms with E-state index in [0.717, 1.165) is 25.8 Å². The van der Waals surface area contributed by atoms with Crippen LogP contribution in [-0.2, 0) is 4.79 Å². The first-order valence-electron chi connectivity index (χ1n) is 6.85. The van der Waals surface area contributed by atoms with Gasteiger partial charge in [0.2, 0.25) is 0 Å². The van der Waals surface area contributed by atoms with Crippen molar-refractivity contribution >= 4 is 5.97 Å². The van der Waals surface area contributed by atoms with Crippen LogP contribution in [0.5, 0.6) is 0 Å². The van der Waals surface area contributed by atoms with Gasteiger partial charge in [-0.3, -0.25) is 9.69 Å². The Morgan fingerprint density at radius 3 is 2.65 bits per heavy atom. The number of carboxylic acids is 1. The molecule has 2 aliphatic rings. The Hall–Kier alpha value is -0.610. The van der Waals surface area contributed by atoms with Gasteiger partial charge in [-0.2, -0.15) is 0 Å². The van der Waals surface area contributed by atoms with Crippen molar-refractivity contribution in [3.05, 3.63) is 0 Å². The van der Waals surface area contributed by atoms with Crippen molar-refractivity contribution in [2.75, 3.05) is 6.54 Å². The number of carboxylic acid groups (broad SMARTS) is 1. The summed E-state index contributed by atoms with van der Waals surface area (Å²) in [6, 6.07) is 1.09. The molecule has 2 fully saturated rings. The van der Waals surface area contributed by atoms with Crippen molar-refractivity contribution in [1.82, 2.24) is 4.90 Å². The zero-order valence-corrected chi connectivity index (χ0v) is 10.7. The second-order valence-electron chi connectivity index (χ2n) is 5.68. The highest BCUT2D eigenvalue weighted by Gasteiger charge is 2.43. The molecule has 0 heterocycles. The second kappa shape index (κ2) is 4.94. The maximum atomic E-state index is 11.2. The minimum Gasteiger partial charge on any atom is -0.480 e. The monoisotopic (exact) mass is 240 g/mol. The zero-order chi connectivity index (χ0) is 12.5. The molecule has 3 N–H and O–H groups in total. The first-order chi connectivity index (χ1) is 8.07. The van der Waals surface area contributed by atoms with Gasteiger partial charge in [-0.1, -0.05) is 6.92 Å².